The van der Waals surface area contributed by atoms with Gasteiger partial charge in [0.2, 0.25) is 0 Å². The average molecular weight is 367 g/mol. The van der Waals surface area contributed by atoms with E-state index in [0.29, 0.717) is 17.1 Å². The minimum atomic E-state index is -0.188. The average Bonchev–Trinajstić information content (AvgIpc) is 2.87. The van der Waals surface area contributed by atoms with Crippen LogP contribution in [0.1, 0.15) is 15.9 Å². The zero-order chi connectivity index (χ0) is 14.8. The van der Waals surface area contributed by atoms with Crippen molar-refractivity contribution >= 4 is 33.4 Å². The second kappa shape index (κ2) is 6.08. The molecule has 3 nitrogen and oxygen atoms in total. The Kier molecular flexibility index (Phi) is 4.17. The van der Waals surface area contributed by atoms with E-state index < -0.39 is 0 Å². The number of hydrogen-bond donors (Lipinski definition) is 1. The van der Waals surface area contributed by atoms with Gasteiger partial charge in [-0.2, -0.15) is 0 Å². The molecule has 21 heavy (non-hydrogen) atoms. The molecule has 0 radical (unpaired) electrons. The Bertz CT molecular complexity index is 665. The first-order valence-electron chi connectivity index (χ1n) is 6.61. The van der Waals surface area contributed by atoms with E-state index in [-0.39, 0.29) is 12.0 Å². The fourth-order valence-corrected chi connectivity index (χ4v) is 3.10. The molecule has 0 fully saturated rings. The molecule has 0 aromatic heterocycles. The van der Waals surface area contributed by atoms with E-state index in [4.69, 9.17) is 16.3 Å². The zero-order valence-corrected chi connectivity index (χ0v) is 13.4. The number of halogens is 2. The van der Waals surface area contributed by atoms with E-state index in [1.807, 2.05) is 24.3 Å². The Labute approximate surface area is 136 Å². The third kappa shape index (κ3) is 3.22. The first kappa shape index (κ1) is 14.4. The highest BCUT2D eigenvalue weighted by Gasteiger charge is 2.23. The maximum atomic E-state index is 12.1. The molecule has 2 aromatic rings. The number of benzene rings is 2. The number of hydrogen-bond acceptors (Lipinski definition) is 2. The number of nitrogens with one attached hydrogen (secondary N) is 1. The second-order valence-electron chi connectivity index (χ2n) is 4.89. The van der Waals surface area contributed by atoms with Crippen molar-refractivity contribution in [3.05, 3.63) is 63.1 Å². The molecule has 0 aliphatic carbocycles. The molecule has 1 amide bonds. The molecular weight excluding hydrogens is 354 g/mol. The lowest BCUT2D eigenvalue weighted by atomic mass is 10.1. The van der Waals surface area contributed by atoms with Gasteiger partial charge < -0.3 is 10.1 Å². The highest BCUT2D eigenvalue weighted by Crippen LogP contribution is 2.28. The predicted molar refractivity (Wildman–Crippen MR) is 86.0 cm³/mol. The summed E-state index contributed by atoms with van der Waals surface area (Å²) in [6.07, 6.45) is 0.783. The van der Waals surface area contributed by atoms with Gasteiger partial charge in [0.1, 0.15) is 11.9 Å². The van der Waals surface area contributed by atoms with Crippen LogP contribution in [0.2, 0.25) is 5.02 Å². The van der Waals surface area contributed by atoms with Gasteiger partial charge >= 0.3 is 0 Å². The molecule has 1 atom stereocenters. The third-order valence-electron chi connectivity index (χ3n) is 3.38. The Balaban J connectivity index is 1.60. The van der Waals surface area contributed by atoms with Gasteiger partial charge in [-0.3, -0.25) is 4.79 Å². The van der Waals surface area contributed by atoms with Crippen molar-refractivity contribution in [2.45, 2.75) is 12.5 Å². The van der Waals surface area contributed by atoms with E-state index in [1.54, 1.807) is 18.2 Å². The van der Waals surface area contributed by atoms with Gasteiger partial charge in [0.25, 0.3) is 5.91 Å². The van der Waals surface area contributed by atoms with Crippen LogP contribution in [0.5, 0.6) is 5.75 Å². The van der Waals surface area contributed by atoms with Crippen molar-refractivity contribution in [2.75, 3.05) is 6.54 Å². The quantitative estimate of drug-likeness (QED) is 0.896. The monoisotopic (exact) mass is 365 g/mol. The number of carbonyl (C=O) groups is 1. The van der Waals surface area contributed by atoms with Crippen LogP contribution >= 0.6 is 27.5 Å². The summed E-state index contributed by atoms with van der Waals surface area (Å²) < 4.78 is 6.63. The van der Waals surface area contributed by atoms with Crippen LogP contribution in [0.4, 0.5) is 0 Å². The number of amides is 1. The van der Waals surface area contributed by atoms with Gasteiger partial charge in [0.15, 0.2) is 0 Å². The van der Waals surface area contributed by atoms with Crippen molar-refractivity contribution in [3.63, 3.8) is 0 Å². The Morgan fingerprint density at radius 2 is 2.14 bits per heavy atom. The number of fused-ring (bicyclic) bond motifs is 1. The van der Waals surface area contributed by atoms with Crippen LogP contribution in [-0.2, 0) is 6.42 Å². The lowest BCUT2D eigenvalue weighted by molar-refractivity contribution is 0.0933. The Morgan fingerprint density at radius 1 is 1.33 bits per heavy atom. The molecule has 1 N–H and O–H groups in total. The molecule has 0 spiro atoms. The maximum absolute atomic E-state index is 12.1. The smallest absolute Gasteiger partial charge is 0.252 e. The van der Waals surface area contributed by atoms with Crippen LogP contribution < -0.4 is 10.1 Å². The predicted octanol–water partition coefficient (Wildman–Crippen LogP) is 3.84. The van der Waals surface area contributed by atoms with Crippen LogP contribution in [0.15, 0.2) is 46.9 Å². The van der Waals surface area contributed by atoms with Gasteiger partial charge in [0, 0.05) is 10.9 Å². The van der Waals surface area contributed by atoms with Crippen molar-refractivity contribution in [2.24, 2.45) is 0 Å². The normalized spacial score (nSPS) is 16.2. The summed E-state index contributed by atoms with van der Waals surface area (Å²) in [5, 5.41) is 3.30. The summed E-state index contributed by atoms with van der Waals surface area (Å²) >= 11 is 9.39. The zero-order valence-electron chi connectivity index (χ0n) is 11.1. The van der Waals surface area contributed by atoms with E-state index in [0.717, 1.165) is 16.6 Å². The lowest BCUT2D eigenvalue weighted by Gasteiger charge is -2.12. The Morgan fingerprint density at radius 3 is 2.90 bits per heavy atom. The highest BCUT2D eigenvalue weighted by atomic mass is 79.9. The van der Waals surface area contributed by atoms with Crippen LogP contribution in [0, 0.1) is 0 Å². The summed E-state index contributed by atoms with van der Waals surface area (Å²) in [7, 11) is 0. The minimum absolute atomic E-state index is 0.0272. The molecular formula is C16H13BrClNO2. The summed E-state index contributed by atoms with van der Waals surface area (Å²) in [5.41, 5.74) is 1.65. The van der Waals surface area contributed by atoms with E-state index in [2.05, 4.69) is 21.2 Å². The fraction of sp³-hybridized carbons (Fsp3) is 0.188. The lowest BCUT2D eigenvalue weighted by Crippen LogP contribution is -2.34. The fourth-order valence-electron chi connectivity index (χ4n) is 2.34. The largest absolute Gasteiger partial charge is 0.488 e. The van der Waals surface area contributed by atoms with E-state index in [1.165, 1.54) is 5.56 Å². The summed E-state index contributed by atoms with van der Waals surface area (Å²) in [4.78, 5) is 12.1. The second-order valence-corrected chi connectivity index (χ2v) is 6.21. The molecule has 3 rings (SSSR count). The molecule has 1 aliphatic heterocycles. The number of carbonyl (C=O) groups excluding carboxylic acids is 1. The molecule has 108 valence electrons. The SMILES string of the molecule is O=C(NC[C@H]1Cc2ccccc2O1)c1ccc(Br)cc1Cl. The van der Waals surface area contributed by atoms with Crippen LogP contribution in [0.25, 0.3) is 0 Å². The van der Waals surface area contributed by atoms with Gasteiger partial charge in [-0.1, -0.05) is 45.7 Å². The molecule has 0 unspecified atom stereocenters. The van der Waals surface area contributed by atoms with Crippen molar-refractivity contribution in [1.29, 1.82) is 0 Å². The molecule has 1 heterocycles. The molecule has 5 heteroatoms. The van der Waals surface area contributed by atoms with Gasteiger partial charge in [-0.15, -0.1) is 0 Å². The Hall–Kier alpha value is -1.52. The number of para-hydroxylation sites is 1. The van der Waals surface area contributed by atoms with Gasteiger partial charge in [-0.25, -0.2) is 0 Å². The number of ether oxygens (including phenoxy) is 1. The summed E-state index contributed by atoms with van der Waals surface area (Å²) in [6.45, 7) is 0.458. The standard InChI is InChI=1S/C16H13BrClNO2/c17-11-5-6-13(14(18)8-11)16(20)19-9-12-7-10-3-1-2-4-15(10)21-12/h1-6,8,12H,7,9H2,(H,19,20)/t12-/m1/s1. The van der Waals surface area contributed by atoms with Crippen molar-refractivity contribution in [3.8, 4) is 5.75 Å². The summed E-state index contributed by atoms with van der Waals surface area (Å²) in [6, 6.07) is 13.1. The van der Waals surface area contributed by atoms with E-state index >= 15 is 0 Å². The van der Waals surface area contributed by atoms with E-state index in [9.17, 15) is 4.79 Å². The number of rotatable bonds is 3. The topological polar surface area (TPSA) is 38.3 Å². The first-order chi connectivity index (χ1) is 10.1. The first-order valence-corrected chi connectivity index (χ1v) is 7.78. The molecule has 0 bridgehead atoms. The molecule has 0 saturated carbocycles. The van der Waals surface area contributed by atoms with Crippen LogP contribution in [0.3, 0.4) is 0 Å². The van der Waals surface area contributed by atoms with Crippen molar-refractivity contribution in [1.82, 2.24) is 5.32 Å². The van der Waals surface area contributed by atoms with Crippen molar-refractivity contribution < 1.29 is 9.53 Å². The van der Waals surface area contributed by atoms with Gasteiger partial charge in [-0.05, 0) is 29.8 Å². The van der Waals surface area contributed by atoms with Gasteiger partial charge in [0.05, 0.1) is 17.1 Å². The highest BCUT2D eigenvalue weighted by molar-refractivity contribution is 9.10. The molecule has 2 aromatic carbocycles. The molecule has 1 aliphatic rings. The minimum Gasteiger partial charge on any atom is -0.488 e. The van der Waals surface area contributed by atoms with Crippen LogP contribution in [-0.4, -0.2) is 18.6 Å². The summed E-state index contributed by atoms with van der Waals surface area (Å²) in [5.74, 6) is 0.713. The molecule has 0 saturated heterocycles. The maximum Gasteiger partial charge on any atom is 0.252 e. The third-order valence-corrected chi connectivity index (χ3v) is 4.19.